The lowest BCUT2D eigenvalue weighted by molar-refractivity contribution is -0.0987. The molecule has 1 aliphatic rings. The van der Waals surface area contributed by atoms with Crippen molar-refractivity contribution in [2.75, 3.05) is 33.7 Å². The van der Waals surface area contributed by atoms with Gasteiger partial charge in [-0.2, -0.15) is 13.2 Å². The van der Waals surface area contributed by atoms with Crippen molar-refractivity contribution >= 4 is 30.7 Å². The molecule has 0 spiro atoms. The molecular formula is C42H63F4N5O2. The Morgan fingerprint density at radius 3 is 1.74 bits per heavy atom. The van der Waals surface area contributed by atoms with Crippen LogP contribution in [0.15, 0.2) is 101 Å². The Hall–Kier alpha value is -4.48. The monoisotopic (exact) mass is 745 g/mol. The molecule has 2 N–H and O–H groups in total. The second kappa shape index (κ2) is 30.0. The molecule has 0 unspecified atom stereocenters. The molecule has 0 bridgehead atoms. The summed E-state index contributed by atoms with van der Waals surface area (Å²) in [6, 6.07) is 15.6. The van der Waals surface area contributed by atoms with Crippen molar-refractivity contribution < 1.29 is 27.2 Å². The van der Waals surface area contributed by atoms with Crippen LogP contribution < -0.4 is 5.73 Å². The van der Waals surface area contributed by atoms with Crippen LogP contribution >= 0.6 is 0 Å². The summed E-state index contributed by atoms with van der Waals surface area (Å²) in [5.74, 6) is -0.242. The molecule has 0 aromatic heterocycles. The second-order valence-corrected chi connectivity index (χ2v) is 12.6. The average molecular weight is 746 g/mol. The van der Waals surface area contributed by atoms with E-state index in [-0.39, 0.29) is 5.82 Å². The molecule has 1 fully saturated rings. The van der Waals surface area contributed by atoms with Gasteiger partial charge in [-0.1, -0.05) is 56.0 Å². The fraction of sp³-hybridized carbons (Fsp3) is 0.429. The molecule has 2 aromatic carbocycles. The number of hydrogen-bond acceptors (Lipinski definition) is 7. The van der Waals surface area contributed by atoms with Crippen molar-refractivity contribution in [3.63, 3.8) is 0 Å². The Morgan fingerprint density at radius 1 is 0.906 bits per heavy atom. The number of piperidine rings is 1. The van der Waals surface area contributed by atoms with Crippen molar-refractivity contribution in [3.8, 4) is 0 Å². The van der Waals surface area contributed by atoms with E-state index in [1.54, 1.807) is 24.3 Å². The first-order chi connectivity index (χ1) is 24.8. The zero-order valence-corrected chi connectivity index (χ0v) is 33.6. The molecule has 0 radical (unpaired) electrons. The van der Waals surface area contributed by atoms with Gasteiger partial charge in [0.15, 0.2) is 0 Å². The lowest BCUT2D eigenvalue weighted by atomic mass is 10.0. The highest BCUT2D eigenvalue weighted by atomic mass is 19.4. The summed E-state index contributed by atoms with van der Waals surface area (Å²) in [7, 11) is 4.46. The quantitative estimate of drug-likeness (QED) is 0.165. The zero-order valence-electron chi connectivity index (χ0n) is 33.6. The SMILES string of the molecule is C=C(N)C(F)(F)F.C=C/C=C(\N=C(C)C)c1ccc(F)cc1.C=O.C=O.CC(C)=N/C(C)=C(\C)CN(C)C1CCN(C)CC1.CCc1ccc(C)cc1. The summed E-state index contributed by atoms with van der Waals surface area (Å²) in [4.78, 5) is 29.8. The second-order valence-electron chi connectivity index (χ2n) is 12.6. The molecule has 53 heavy (non-hydrogen) atoms. The van der Waals surface area contributed by atoms with Crippen LogP contribution in [0.1, 0.15) is 78.0 Å². The van der Waals surface area contributed by atoms with Gasteiger partial charge in [0.1, 0.15) is 25.1 Å². The topological polar surface area (TPSA) is 91.4 Å². The van der Waals surface area contributed by atoms with Crippen molar-refractivity contribution in [2.45, 2.75) is 86.9 Å². The van der Waals surface area contributed by atoms with Gasteiger partial charge in [0, 0.05) is 35.3 Å². The number of nitrogens with two attached hydrogens (primary N) is 1. The predicted octanol–water partition coefficient (Wildman–Crippen LogP) is 9.83. The third kappa shape index (κ3) is 26.9. The standard InChI is InChI=1S/C15H29N3.C13H14FN.C9H12.C3H4F3N.2CH2O/c1-12(2)16-14(4)13(3)11-18(6)15-7-9-17(5)10-8-15;1-4-5-13(15-10(2)3)11-6-8-12(14)9-7-11;1-3-9-6-4-8(2)5-7-9;1-2(7)3(4,5)6;2*1-2/h15H,7-11H2,1-6H3;4-9H,1H2,2-3H3;4-7H,3H2,1-2H3;1,7H2;2*1H2/b14-13+;13-5-;;;;. The Kier molecular flexibility index (Phi) is 30.0. The Balaban J connectivity index is -0.000000642. The molecule has 3 rings (SSSR count). The highest BCUT2D eigenvalue weighted by molar-refractivity contribution is 5.86. The zero-order chi connectivity index (χ0) is 41.7. The molecule has 296 valence electrons. The van der Waals surface area contributed by atoms with E-state index in [1.165, 1.54) is 60.5 Å². The maximum atomic E-state index is 12.7. The van der Waals surface area contributed by atoms with Gasteiger partial charge in [0.2, 0.25) is 0 Å². The van der Waals surface area contributed by atoms with E-state index >= 15 is 0 Å². The van der Waals surface area contributed by atoms with Crippen LogP contribution in [-0.2, 0) is 16.0 Å². The number of carbonyl (C=O) groups excluding carboxylic acids is 2. The van der Waals surface area contributed by atoms with Gasteiger partial charge < -0.3 is 20.2 Å². The minimum atomic E-state index is -4.42. The van der Waals surface area contributed by atoms with Crippen molar-refractivity contribution in [3.05, 3.63) is 113 Å². The van der Waals surface area contributed by atoms with Crippen molar-refractivity contribution in [1.29, 1.82) is 0 Å². The number of aliphatic imine (C=N–C) groups is 2. The first-order valence-electron chi connectivity index (χ1n) is 17.1. The van der Waals surface area contributed by atoms with Gasteiger partial charge in [0.25, 0.3) is 0 Å². The number of hydrogen-bond donors (Lipinski definition) is 1. The van der Waals surface area contributed by atoms with Gasteiger partial charge in [0.05, 0.1) is 5.70 Å². The van der Waals surface area contributed by atoms with Crippen LogP contribution in [0.25, 0.3) is 5.70 Å². The number of rotatable bonds is 8. The summed E-state index contributed by atoms with van der Waals surface area (Å²) in [6.07, 6.45) is 2.77. The minimum Gasteiger partial charge on any atom is -0.395 e. The molecule has 11 heteroatoms. The van der Waals surface area contributed by atoms with Crippen LogP contribution in [0.2, 0.25) is 0 Å². The maximum Gasteiger partial charge on any atom is 0.430 e. The molecular weight excluding hydrogens is 682 g/mol. The summed E-state index contributed by atoms with van der Waals surface area (Å²) in [5.41, 5.74) is 12.1. The molecule has 1 saturated heterocycles. The van der Waals surface area contributed by atoms with Crippen molar-refractivity contribution in [1.82, 2.24) is 9.80 Å². The molecule has 1 aliphatic heterocycles. The first kappa shape index (κ1) is 52.9. The number of aryl methyl sites for hydroxylation is 2. The van der Waals surface area contributed by atoms with Crippen LogP contribution in [0.4, 0.5) is 17.6 Å². The van der Waals surface area contributed by atoms with Crippen LogP contribution in [0.5, 0.6) is 0 Å². The van der Waals surface area contributed by atoms with Crippen molar-refractivity contribution in [2.24, 2.45) is 15.7 Å². The maximum absolute atomic E-state index is 12.7. The Morgan fingerprint density at radius 2 is 1.36 bits per heavy atom. The van der Waals surface area contributed by atoms with Crippen LogP contribution in [0.3, 0.4) is 0 Å². The molecule has 2 aromatic rings. The average Bonchev–Trinajstić information content (AvgIpc) is 3.11. The fourth-order valence-corrected chi connectivity index (χ4v) is 4.48. The third-order valence-corrected chi connectivity index (χ3v) is 7.46. The third-order valence-electron chi connectivity index (χ3n) is 7.46. The fourth-order valence-electron chi connectivity index (χ4n) is 4.48. The predicted molar refractivity (Wildman–Crippen MR) is 218 cm³/mol. The van der Waals surface area contributed by atoms with E-state index < -0.39 is 11.9 Å². The van der Waals surface area contributed by atoms with Gasteiger partial charge in [-0.15, -0.1) is 0 Å². The molecule has 0 saturated carbocycles. The molecule has 0 atom stereocenters. The number of benzene rings is 2. The van der Waals surface area contributed by atoms with Crippen LogP contribution in [0, 0.1) is 12.7 Å². The minimum absolute atomic E-state index is 0.242. The summed E-state index contributed by atoms with van der Waals surface area (Å²) in [5, 5.41) is 0. The Bertz CT molecular complexity index is 1430. The summed E-state index contributed by atoms with van der Waals surface area (Å²) in [6.45, 7) is 30.1. The smallest absolute Gasteiger partial charge is 0.395 e. The number of carbonyl (C=O) groups is 2. The molecule has 1 heterocycles. The first-order valence-corrected chi connectivity index (χ1v) is 17.1. The van der Waals surface area contributed by atoms with E-state index in [0.717, 1.165) is 41.7 Å². The number of alkyl halides is 3. The summed E-state index contributed by atoms with van der Waals surface area (Å²) < 4.78 is 45.6. The largest absolute Gasteiger partial charge is 0.430 e. The molecule has 0 amide bonds. The van der Waals surface area contributed by atoms with Gasteiger partial charge >= 0.3 is 6.18 Å². The lowest BCUT2D eigenvalue weighted by Crippen LogP contribution is -2.42. The summed E-state index contributed by atoms with van der Waals surface area (Å²) >= 11 is 0. The van der Waals surface area contributed by atoms with Gasteiger partial charge in [-0.05, 0) is 136 Å². The number of halogens is 4. The van der Waals surface area contributed by atoms with E-state index in [0.29, 0.717) is 0 Å². The molecule has 7 nitrogen and oxygen atoms in total. The van der Waals surface area contributed by atoms with E-state index in [9.17, 15) is 17.6 Å². The van der Waals surface area contributed by atoms with E-state index in [4.69, 9.17) is 9.59 Å². The number of likely N-dealkylation sites (tertiary alicyclic amines) is 1. The number of nitrogens with zero attached hydrogens (tertiary/aromatic N) is 4. The number of allylic oxidation sites excluding steroid dienone is 4. The van der Waals surface area contributed by atoms with Gasteiger partial charge in [-0.3, -0.25) is 14.9 Å². The Labute approximate surface area is 316 Å². The number of likely N-dealkylation sites (N-methyl/N-ethyl adjacent to an activating group) is 1. The highest BCUT2D eigenvalue weighted by Crippen LogP contribution is 2.19. The van der Waals surface area contributed by atoms with E-state index in [2.05, 4.69) is 119 Å². The van der Waals surface area contributed by atoms with E-state index in [1.807, 2.05) is 27.4 Å². The lowest BCUT2D eigenvalue weighted by Gasteiger charge is -2.35. The molecule has 0 aliphatic carbocycles. The normalized spacial score (nSPS) is 13.2. The highest BCUT2D eigenvalue weighted by Gasteiger charge is 2.29. The van der Waals surface area contributed by atoms with Gasteiger partial charge in [-0.25, -0.2) is 4.39 Å². The van der Waals surface area contributed by atoms with Crippen LogP contribution in [-0.4, -0.2) is 80.7 Å².